The molecule has 0 spiro atoms. The summed E-state index contributed by atoms with van der Waals surface area (Å²) in [6.45, 7) is 4.81. The Morgan fingerprint density at radius 3 is 2.71 bits per heavy atom. The van der Waals surface area contributed by atoms with Crippen LogP contribution in [-0.2, 0) is 19.4 Å². The molecule has 0 saturated heterocycles. The molecule has 0 saturated carbocycles. The van der Waals surface area contributed by atoms with Gasteiger partial charge >= 0.3 is 6.03 Å². The number of nitrogens with one attached hydrogen (secondary N) is 1. The summed E-state index contributed by atoms with van der Waals surface area (Å²) in [5.41, 5.74) is 5.39. The van der Waals surface area contributed by atoms with Crippen LogP contribution in [0.4, 0.5) is 4.79 Å². The maximum Gasteiger partial charge on any atom is 0.317 e. The first kappa shape index (κ1) is 17.0. The number of hydrogen-bond donors (Lipinski definition) is 1. The van der Waals surface area contributed by atoms with E-state index in [9.17, 15) is 4.79 Å². The van der Waals surface area contributed by atoms with Crippen molar-refractivity contribution >= 4 is 17.4 Å². The van der Waals surface area contributed by atoms with Gasteiger partial charge in [-0.25, -0.2) is 4.79 Å². The van der Waals surface area contributed by atoms with Gasteiger partial charge < -0.3 is 10.2 Å². The van der Waals surface area contributed by atoms with Crippen molar-refractivity contribution in [2.75, 3.05) is 7.05 Å². The van der Waals surface area contributed by atoms with Crippen LogP contribution in [-0.4, -0.2) is 18.0 Å². The summed E-state index contributed by atoms with van der Waals surface area (Å²) in [5, 5.41) is 5.20. The van der Waals surface area contributed by atoms with Gasteiger partial charge in [0.15, 0.2) is 0 Å². The van der Waals surface area contributed by atoms with Gasteiger partial charge in [-0.2, -0.15) is 0 Å². The van der Waals surface area contributed by atoms with E-state index in [1.807, 2.05) is 7.05 Å². The van der Waals surface area contributed by atoms with E-state index in [4.69, 9.17) is 0 Å². The molecule has 1 N–H and O–H groups in total. The molecular formula is C20H26N2OS. The molecule has 24 heavy (non-hydrogen) atoms. The first-order valence-electron chi connectivity index (χ1n) is 8.71. The summed E-state index contributed by atoms with van der Waals surface area (Å²) in [6, 6.07) is 8.79. The minimum Gasteiger partial charge on any atom is -0.331 e. The topological polar surface area (TPSA) is 32.3 Å². The van der Waals surface area contributed by atoms with E-state index >= 15 is 0 Å². The third-order valence-corrected chi connectivity index (χ3v) is 5.92. The lowest BCUT2D eigenvalue weighted by atomic mass is 9.89. The Bertz CT molecular complexity index is 722. The number of benzene rings is 1. The van der Waals surface area contributed by atoms with E-state index in [1.165, 1.54) is 52.8 Å². The number of amides is 2. The van der Waals surface area contributed by atoms with Crippen molar-refractivity contribution in [1.29, 1.82) is 0 Å². The molecular weight excluding hydrogens is 316 g/mol. The van der Waals surface area contributed by atoms with Gasteiger partial charge in [0, 0.05) is 11.9 Å². The number of carbonyl (C=O) groups is 1. The number of hydrogen-bond acceptors (Lipinski definition) is 2. The number of rotatable bonds is 4. The van der Waals surface area contributed by atoms with Crippen molar-refractivity contribution in [2.45, 2.75) is 52.1 Å². The van der Waals surface area contributed by atoms with E-state index in [2.05, 4.69) is 48.8 Å². The largest absolute Gasteiger partial charge is 0.331 e. The second kappa shape index (κ2) is 7.39. The second-order valence-corrected chi connectivity index (χ2v) is 7.79. The highest BCUT2D eigenvalue weighted by Gasteiger charge is 2.16. The van der Waals surface area contributed by atoms with E-state index in [-0.39, 0.29) is 12.1 Å². The fourth-order valence-corrected chi connectivity index (χ4v) is 4.21. The number of thiophene rings is 1. The van der Waals surface area contributed by atoms with Gasteiger partial charge in [-0.3, -0.25) is 0 Å². The van der Waals surface area contributed by atoms with Crippen LogP contribution in [0.1, 0.15) is 52.9 Å². The predicted molar refractivity (Wildman–Crippen MR) is 101 cm³/mol. The Kier molecular flexibility index (Phi) is 5.24. The molecule has 0 bridgehead atoms. The Morgan fingerprint density at radius 2 is 2.00 bits per heavy atom. The number of urea groups is 1. The number of fused-ring (bicyclic) bond motifs is 1. The van der Waals surface area contributed by atoms with Crippen molar-refractivity contribution in [3.05, 3.63) is 56.8 Å². The Labute approximate surface area is 148 Å². The first-order valence-corrected chi connectivity index (χ1v) is 9.59. The molecule has 3 rings (SSSR count). The van der Waals surface area contributed by atoms with E-state index in [0.29, 0.717) is 6.54 Å². The summed E-state index contributed by atoms with van der Waals surface area (Å²) in [5.74, 6) is 0. The number of nitrogens with zero attached hydrogens (tertiary/aromatic N) is 1. The second-order valence-electron chi connectivity index (χ2n) is 6.79. The smallest absolute Gasteiger partial charge is 0.317 e. The van der Waals surface area contributed by atoms with Crippen LogP contribution in [0.25, 0.3) is 0 Å². The molecule has 3 nitrogen and oxygen atoms in total. The average Bonchev–Trinajstić information content (AvgIpc) is 2.99. The molecule has 1 heterocycles. The molecule has 0 aliphatic heterocycles. The highest BCUT2D eigenvalue weighted by Crippen LogP contribution is 2.25. The average molecular weight is 343 g/mol. The van der Waals surface area contributed by atoms with Gasteiger partial charge in [-0.1, -0.05) is 18.2 Å². The SMILES string of the molecule is Cc1ccsc1CN(C)C(=O)NC(C)c1ccc2c(c1)CCCC2. The third kappa shape index (κ3) is 3.81. The maximum absolute atomic E-state index is 12.5. The molecule has 0 fully saturated rings. The standard InChI is InChI=1S/C20H26N2OS/c1-14-10-11-24-19(14)13-22(3)20(23)21-15(2)17-9-8-16-6-4-5-7-18(16)12-17/h8-12,15H,4-7,13H2,1-3H3,(H,21,23). The molecule has 1 aromatic heterocycles. The van der Waals surface area contributed by atoms with Crippen molar-refractivity contribution in [3.63, 3.8) is 0 Å². The molecule has 2 aromatic rings. The molecule has 2 amide bonds. The van der Waals surface area contributed by atoms with Gasteiger partial charge in [0.1, 0.15) is 0 Å². The molecule has 1 atom stereocenters. The molecule has 0 radical (unpaired) electrons. The zero-order chi connectivity index (χ0) is 17.1. The minimum atomic E-state index is -0.0204. The van der Waals surface area contributed by atoms with Crippen LogP contribution >= 0.6 is 11.3 Å². The zero-order valence-electron chi connectivity index (χ0n) is 14.8. The number of carbonyl (C=O) groups excluding carboxylic acids is 1. The van der Waals surface area contributed by atoms with Crippen molar-refractivity contribution in [3.8, 4) is 0 Å². The van der Waals surface area contributed by atoms with E-state index in [1.54, 1.807) is 16.2 Å². The molecule has 1 aliphatic carbocycles. The number of aryl methyl sites for hydroxylation is 3. The summed E-state index contributed by atoms with van der Waals surface area (Å²) in [6.07, 6.45) is 4.94. The van der Waals surface area contributed by atoms with Crippen LogP contribution < -0.4 is 5.32 Å². The summed E-state index contributed by atoms with van der Waals surface area (Å²) in [7, 11) is 1.86. The molecule has 1 aromatic carbocycles. The molecule has 4 heteroatoms. The molecule has 128 valence electrons. The van der Waals surface area contributed by atoms with Crippen LogP contribution in [0, 0.1) is 6.92 Å². The van der Waals surface area contributed by atoms with Gasteiger partial charge in [0.05, 0.1) is 12.6 Å². The summed E-state index contributed by atoms with van der Waals surface area (Å²) < 4.78 is 0. The lowest BCUT2D eigenvalue weighted by molar-refractivity contribution is 0.204. The summed E-state index contributed by atoms with van der Waals surface area (Å²) in [4.78, 5) is 15.5. The predicted octanol–water partition coefficient (Wildman–Crippen LogP) is 4.84. The maximum atomic E-state index is 12.5. The van der Waals surface area contributed by atoms with E-state index < -0.39 is 0 Å². The quantitative estimate of drug-likeness (QED) is 0.847. The highest BCUT2D eigenvalue weighted by atomic mass is 32.1. The summed E-state index contributed by atoms with van der Waals surface area (Å²) >= 11 is 1.70. The minimum absolute atomic E-state index is 0.0204. The fourth-order valence-electron chi connectivity index (χ4n) is 3.25. The monoisotopic (exact) mass is 342 g/mol. The first-order chi connectivity index (χ1) is 11.5. The van der Waals surface area contributed by atoms with Gasteiger partial charge in [-0.05, 0) is 73.2 Å². The van der Waals surface area contributed by atoms with Crippen molar-refractivity contribution < 1.29 is 4.79 Å². The van der Waals surface area contributed by atoms with E-state index in [0.717, 1.165) is 0 Å². The molecule has 1 aliphatic rings. The normalized spacial score (nSPS) is 14.8. The van der Waals surface area contributed by atoms with Crippen molar-refractivity contribution in [1.82, 2.24) is 10.2 Å². The zero-order valence-corrected chi connectivity index (χ0v) is 15.6. The van der Waals surface area contributed by atoms with Crippen LogP contribution in [0.5, 0.6) is 0 Å². The van der Waals surface area contributed by atoms with Crippen LogP contribution in [0.2, 0.25) is 0 Å². The van der Waals surface area contributed by atoms with Gasteiger partial charge in [0.25, 0.3) is 0 Å². The van der Waals surface area contributed by atoms with Crippen LogP contribution in [0.3, 0.4) is 0 Å². The van der Waals surface area contributed by atoms with Gasteiger partial charge in [-0.15, -0.1) is 11.3 Å². The van der Waals surface area contributed by atoms with Crippen LogP contribution in [0.15, 0.2) is 29.6 Å². The Hall–Kier alpha value is -1.81. The van der Waals surface area contributed by atoms with Crippen molar-refractivity contribution in [2.24, 2.45) is 0 Å². The van der Waals surface area contributed by atoms with Gasteiger partial charge in [0.2, 0.25) is 0 Å². The Morgan fingerprint density at radius 1 is 1.25 bits per heavy atom. The Balaban J connectivity index is 1.62. The lowest BCUT2D eigenvalue weighted by Crippen LogP contribution is -2.38. The fraction of sp³-hybridized carbons (Fsp3) is 0.450. The highest BCUT2D eigenvalue weighted by molar-refractivity contribution is 7.10. The third-order valence-electron chi connectivity index (χ3n) is 4.91. The lowest BCUT2D eigenvalue weighted by Gasteiger charge is -2.23. The molecule has 1 unspecified atom stereocenters.